The lowest BCUT2D eigenvalue weighted by Gasteiger charge is -2.11. The van der Waals surface area contributed by atoms with Gasteiger partial charge in [0, 0.05) is 45.4 Å². The zero-order valence-corrected chi connectivity index (χ0v) is 16.1. The highest BCUT2D eigenvalue weighted by atomic mass is 35.5. The first-order valence-corrected chi connectivity index (χ1v) is 8.59. The number of nitrogens with zero attached hydrogens (tertiary/aromatic N) is 2. The van der Waals surface area contributed by atoms with Crippen LogP contribution < -0.4 is 11.1 Å². The summed E-state index contributed by atoms with van der Waals surface area (Å²) in [5, 5.41) is 21.9. The number of carboxylic acids is 1. The van der Waals surface area contributed by atoms with Gasteiger partial charge in [-0.1, -0.05) is 23.2 Å². The SMILES string of the molecule is Cc1c(C(C=Nc2cc(Cl)cc(Cl)c2)=CN)cnc(C(=O)NCC(=O)O)c1O. The standard InChI is InChI=1S/C18H16Cl2N4O4/c1-9-14(7-23-16(17(9)27)18(28)24-8-15(25)26)10(5-21)6-22-13-3-11(19)2-12(20)4-13/h2-7,27H,8,21H2,1H3,(H,24,28)(H,25,26). The molecule has 0 radical (unpaired) electrons. The number of aliphatic imine (C=N–C) groups is 1. The van der Waals surface area contributed by atoms with Crippen molar-refractivity contribution in [2.24, 2.45) is 10.7 Å². The molecular formula is C18H16Cl2N4O4. The second kappa shape index (κ2) is 9.20. The molecule has 0 saturated carbocycles. The Balaban J connectivity index is 2.32. The molecule has 5 N–H and O–H groups in total. The Labute approximate surface area is 170 Å². The molecule has 146 valence electrons. The average Bonchev–Trinajstić information content (AvgIpc) is 2.62. The molecule has 1 heterocycles. The Hall–Kier alpha value is -3.10. The Morgan fingerprint density at radius 1 is 1.29 bits per heavy atom. The van der Waals surface area contributed by atoms with Gasteiger partial charge in [-0.2, -0.15) is 0 Å². The predicted octanol–water partition coefficient (Wildman–Crippen LogP) is 2.92. The van der Waals surface area contributed by atoms with E-state index in [1.807, 2.05) is 0 Å². The van der Waals surface area contributed by atoms with Gasteiger partial charge >= 0.3 is 5.97 Å². The van der Waals surface area contributed by atoms with Crippen molar-refractivity contribution in [3.05, 3.63) is 57.5 Å². The number of allylic oxidation sites excluding steroid dienone is 1. The number of carbonyl (C=O) groups excluding carboxylic acids is 1. The molecule has 0 bridgehead atoms. The lowest BCUT2D eigenvalue weighted by atomic mass is 10.0. The number of carbonyl (C=O) groups is 2. The number of nitrogens with two attached hydrogens (primary N) is 1. The number of halogens is 2. The number of benzene rings is 1. The first kappa shape index (κ1) is 21.2. The fourth-order valence-corrected chi connectivity index (χ4v) is 2.76. The Bertz CT molecular complexity index is 970. The van der Waals surface area contributed by atoms with Crippen LogP contribution >= 0.6 is 23.2 Å². The predicted molar refractivity (Wildman–Crippen MR) is 107 cm³/mol. The van der Waals surface area contributed by atoms with Crippen LogP contribution in [-0.2, 0) is 4.79 Å². The number of hydrogen-bond acceptors (Lipinski definition) is 6. The Kier molecular flexibility index (Phi) is 6.97. The second-order valence-electron chi connectivity index (χ2n) is 5.58. The van der Waals surface area contributed by atoms with Crippen LogP contribution in [0.3, 0.4) is 0 Å². The summed E-state index contributed by atoms with van der Waals surface area (Å²) >= 11 is 11.9. The number of amides is 1. The van der Waals surface area contributed by atoms with E-state index in [-0.39, 0.29) is 11.4 Å². The molecule has 10 heteroatoms. The third kappa shape index (κ3) is 5.21. The van der Waals surface area contributed by atoms with Gasteiger partial charge in [-0.25, -0.2) is 4.98 Å². The van der Waals surface area contributed by atoms with Crippen molar-refractivity contribution in [2.45, 2.75) is 6.92 Å². The van der Waals surface area contributed by atoms with Gasteiger partial charge in [0.2, 0.25) is 0 Å². The van der Waals surface area contributed by atoms with Crippen molar-refractivity contribution in [1.82, 2.24) is 10.3 Å². The molecule has 1 aromatic carbocycles. The molecule has 0 aliphatic carbocycles. The largest absolute Gasteiger partial charge is 0.505 e. The summed E-state index contributed by atoms with van der Waals surface area (Å²) in [6.07, 6.45) is 4.04. The number of rotatable bonds is 6. The third-order valence-corrected chi connectivity index (χ3v) is 4.05. The molecule has 0 saturated heterocycles. The number of hydrogen-bond donors (Lipinski definition) is 4. The van der Waals surface area contributed by atoms with Crippen LogP contribution in [0.15, 0.2) is 35.6 Å². The molecule has 2 aromatic rings. The van der Waals surface area contributed by atoms with Crippen molar-refractivity contribution < 1.29 is 19.8 Å². The van der Waals surface area contributed by atoms with E-state index in [0.29, 0.717) is 32.4 Å². The summed E-state index contributed by atoms with van der Waals surface area (Å²) in [7, 11) is 0. The highest BCUT2D eigenvalue weighted by molar-refractivity contribution is 6.35. The maximum atomic E-state index is 12.0. The van der Waals surface area contributed by atoms with E-state index < -0.39 is 18.4 Å². The Morgan fingerprint density at radius 2 is 1.93 bits per heavy atom. The van der Waals surface area contributed by atoms with Crippen molar-refractivity contribution in [3.63, 3.8) is 0 Å². The Morgan fingerprint density at radius 3 is 2.50 bits per heavy atom. The molecule has 0 aliphatic rings. The van der Waals surface area contributed by atoms with Crippen molar-refractivity contribution in [3.8, 4) is 5.75 Å². The fourth-order valence-electron chi connectivity index (χ4n) is 2.25. The minimum Gasteiger partial charge on any atom is -0.505 e. The zero-order chi connectivity index (χ0) is 20.8. The van der Waals surface area contributed by atoms with Crippen LogP contribution in [0.5, 0.6) is 5.75 Å². The molecule has 0 spiro atoms. The smallest absolute Gasteiger partial charge is 0.322 e. The van der Waals surface area contributed by atoms with E-state index >= 15 is 0 Å². The van der Waals surface area contributed by atoms with E-state index in [2.05, 4.69) is 15.3 Å². The number of pyridine rings is 1. The summed E-state index contributed by atoms with van der Waals surface area (Å²) in [5.41, 5.74) is 7.05. The summed E-state index contributed by atoms with van der Waals surface area (Å²) in [6.45, 7) is 0.970. The molecule has 0 atom stereocenters. The number of nitrogens with one attached hydrogen (secondary N) is 1. The van der Waals surface area contributed by atoms with Crippen LogP contribution in [0.1, 0.15) is 21.6 Å². The van der Waals surface area contributed by atoms with Crippen LogP contribution in [0.25, 0.3) is 5.57 Å². The van der Waals surface area contributed by atoms with Gasteiger partial charge in [0.25, 0.3) is 5.91 Å². The maximum Gasteiger partial charge on any atom is 0.322 e. The molecule has 28 heavy (non-hydrogen) atoms. The number of aromatic hydroxyl groups is 1. The molecule has 0 unspecified atom stereocenters. The summed E-state index contributed by atoms with van der Waals surface area (Å²) in [6, 6.07) is 4.79. The first-order valence-electron chi connectivity index (χ1n) is 7.84. The van der Waals surface area contributed by atoms with Crippen molar-refractivity contribution >= 4 is 52.6 Å². The van der Waals surface area contributed by atoms with Gasteiger partial charge < -0.3 is 21.3 Å². The van der Waals surface area contributed by atoms with Gasteiger partial charge in [0.05, 0.1) is 5.69 Å². The minimum absolute atomic E-state index is 0.294. The average molecular weight is 423 g/mol. The highest BCUT2D eigenvalue weighted by Crippen LogP contribution is 2.28. The number of aliphatic carboxylic acids is 1. The molecule has 8 nitrogen and oxygen atoms in total. The van der Waals surface area contributed by atoms with Gasteiger partial charge in [0.15, 0.2) is 5.69 Å². The molecule has 1 aromatic heterocycles. The second-order valence-corrected chi connectivity index (χ2v) is 6.45. The van der Waals surface area contributed by atoms with E-state index in [9.17, 15) is 14.7 Å². The van der Waals surface area contributed by atoms with Crippen molar-refractivity contribution in [1.29, 1.82) is 0 Å². The van der Waals surface area contributed by atoms with E-state index in [1.165, 1.54) is 18.6 Å². The topological polar surface area (TPSA) is 138 Å². The summed E-state index contributed by atoms with van der Waals surface area (Å²) in [5.74, 6) is -2.42. The number of carboxylic acid groups (broad SMARTS) is 1. The van der Waals surface area contributed by atoms with E-state index in [0.717, 1.165) is 0 Å². The van der Waals surface area contributed by atoms with Gasteiger partial charge in [-0.3, -0.25) is 14.6 Å². The van der Waals surface area contributed by atoms with Crippen molar-refractivity contribution in [2.75, 3.05) is 6.54 Å². The third-order valence-electron chi connectivity index (χ3n) is 3.61. The lowest BCUT2D eigenvalue weighted by molar-refractivity contribution is -0.135. The number of aromatic nitrogens is 1. The zero-order valence-electron chi connectivity index (χ0n) is 14.6. The van der Waals surface area contributed by atoms with Crippen LogP contribution in [0.2, 0.25) is 10.0 Å². The summed E-state index contributed by atoms with van der Waals surface area (Å²) < 4.78 is 0. The van der Waals surface area contributed by atoms with Crippen LogP contribution in [0.4, 0.5) is 5.69 Å². The quantitative estimate of drug-likeness (QED) is 0.527. The minimum atomic E-state index is -1.22. The van der Waals surface area contributed by atoms with E-state index in [1.54, 1.807) is 25.1 Å². The van der Waals surface area contributed by atoms with E-state index in [4.69, 9.17) is 34.0 Å². The van der Waals surface area contributed by atoms with Gasteiger partial charge in [-0.15, -0.1) is 0 Å². The summed E-state index contributed by atoms with van der Waals surface area (Å²) in [4.78, 5) is 30.7. The normalized spacial score (nSPS) is 11.6. The molecule has 0 aliphatic heterocycles. The molecule has 0 fully saturated rings. The molecular weight excluding hydrogens is 407 g/mol. The highest BCUT2D eigenvalue weighted by Gasteiger charge is 2.18. The van der Waals surface area contributed by atoms with Crippen LogP contribution in [0, 0.1) is 6.92 Å². The first-order chi connectivity index (χ1) is 13.2. The van der Waals surface area contributed by atoms with Gasteiger partial charge in [0.1, 0.15) is 12.3 Å². The molecule has 1 amide bonds. The maximum absolute atomic E-state index is 12.0. The molecule has 2 rings (SSSR count). The lowest BCUT2D eigenvalue weighted by Crippen LogP contribution is -2.30. The monoisotopic (exact) mass is 422 g/mol. The van der Waals surface area contributed by atoms with Gasteiger partial charge in [-0.05, 0) is 25.1 Å². The van der Waals surface area contributed by atoms with Crippen LogP contribution in [-0.4, -0.2) is 39.8 Å². The fraction of sp³-hybridized carbons (Fsp3) is 0.111.